The molecule has 4 aromatic rings. The van der Waals surface area contributed by atoms with Gasteiger partial charge in [0.05, 0.1) is 17.5 Å². The highest BCUT2D eigenvalue weighted by molar-refractivity contribution is 6.25. The first kappa shape index (κ1) is 21.1. The number of fused-ring (bicyclic) bond motifs is 5. The van der Waals surface area contributed by atoms with E-state index in [1.54, 1.807) is 12.1 Å². The van der Waals surface area contributed by atoms with Crippen molar-refractivity contribution < 1.29 is 14.4 Å². The third kappa shape index (κ3) is 2.69. The Hall–Kier alpha value is -4.23. The van der Waals surface area contributed by atoms with E-state index in [1.165, 1.54) is 4.90 Å². The summed E-state index contributed by atoms with van der Waals surface area (Å²) < 4.78 is 0. The first-order valence-corrected chi connectivity index (χ1v) is 12.2. The van der Waals surface area contributed by atoms with Crippen LogP contribution in [0.15, 0.2) is 79.0 Å². The summed E-state index contributed by atoms with van der Waals surface area (Å²) in [5, 5.41) is 7.59. The van der Waals surface area contributed by atoms with Crippen LogP contribution < -0.4 is 15.5 Å². The van der Waals surface area contributed by atoms with Crippen LogP contribution in [0.25, 0.3) is 10.9 Å². The second-order valence-electron chi connectivity index (χ2n) is 9.98. The van der Waals surface area contributed by atoms with Crippen LogP contribution in [0.1, 0.15) is 16.7 Å². The van der Waals surface area contributed by atoms with Crippen molar-refractivity contribution in [2.45, 2.75) is 24.9 Å². The number of H-pyrrole nitrogens is 1. The molecule has 1 aromatic heterocycles. The van der Waals surface area contributed by atoms with Crippen molar-refractivity contribution in [3.8, 4) is 0 Å². The van der Waals surface area contributed by atoms with Gasteiger partial charge in [-0.1, -0.05) is 54.1 Å². The van der Waals surface area contributed by atoms with Crippen molar-refractivity contribution in [3.05, 3.63) is 95.7 Å². The third-order valence-corrected chi connectivity index (χ3v) is 8.00. The predicted octanol–water partition coefficient (Wildman–Crippen LogP) is 3.64. The summed E-state index contributed by atoms with van der Waals surface area (Å²) in [5.74, 6) is -2.41. The van der Waals surface area contributed by atoms with E-state index in [9.17, 15) is 14.4 Å². The highest BCUT2D eigenvalue weighted by Gasteiger charge is 2.70. The molecule has 0 unspecified atom stereocenters. The minimum absolute atomic E-state index is 0.265. The number of imide groups is 1. The summed E-state index contributed by atoms with van der Waals surface area (Å²) in [5.41, 5.74) is 3.68. The largest absolute Gasteiger partial charge is 0.361 e. The van der Waals surface area contributed by atoms with Gasteiger partial charge >= 0.3 is 0 Å². The lowest BCUT2D eigenvalue weighted by molar-refractivity contribution is -0.130. The number of carbonyl (C=O) groups excluding carboxylic acids is 3. The van der Waals surface area contributed by atoms with Gasteiger partial charge in [-0.25, -0.2) is 4.90 Å². The van der Waals surface area contributed by atoms with Crippen LogP contribution in [0.5, 0.6) is 0 Å². The Kier molecular flexibility index (Phi) is 4.32. The molecule has 4 atom stereocenters. The molecule has 1 spiro atoms. The van der Waals surface area contributed by atoms with Crippen LogP contribution in [0.4, 0.5) is 11.4 Å². The van der Waals surface area contributed by atoms with Crippen LogP contribution in [-0.2, 0) is 26.3 Å². The molecule has 0 bridgehead atoms. The number of aromatic amines is 1. The average Bonchev–Trinajstić information content (AvgIpc) is 3.59. The van der Waals surface area contributed by atoms with Gasteiger partial charge in [-0.2, -0.15) is 0 Å². The number of nitrogens with one attached hydrogen (secondary N) is 3. The number of amides is 3. The number of aromatic nitrogens is 1. The molecule has 178 valence electrons. The quantitative estimate of drug-likeness (QED) is 0.394. The maximum absolute atomic E-state index is 14.0. The van der Waals surface area contributed by atoms with E-state index in [4.69, 9.17) is 0 Å². The molecule has 2 saturated heterocycles. The molecule has 3 amide bonds. The second kappa shape index (κ2) is 7.38. The Balaban J connectivity index is 1.39. The number of para-hydroxylation sites is 2. The van der Waals surface area contributed by atoms with E-state index < -0.39 is 23.4 Å². The van der Waals surface area contributed by atoms with Crippen LogP contribution in [-0.4, -0.2) is 28.7 Å². The highest BCUT2D eigenvalue weighted by Crippen LogP contribution is 2.54. The number of hydrogen-bond donors (Lipinski definition) is 3. The average molecular weight is 477 g/mol. The zero-order valence-corrected chi connectivity index (χ0v) is 19.6. The molecule has 3 aliphatic rings. The number of nitrogens with zero attached hydrogens (tertiary/aromatic N) is 1. The van der Waals surface area contributed by atoms with Crippen molar-refractivity contribution in [1.29, 1.82) is 0 Å². The topological polar surface area (TPSA) is 94.3 Å². The van der Waals surface area contributed by atoms with Crippen molar-refractivity contribution in [3.63, 3.8) is 0 Å². The summed E-state index contributed by atoms with van der Waals surface area (Å²) in [4.78, 5) is 46.3. The molecule has 0 radical (unpaired) electrons. The fraction of sp³-hybridized carbons (Fsp3) is 0.207. The number of aryl methyl sites for hydroxylation is 1. The maximum atomic E-state index is 14.0. The predicted molar refractivity (Wildman–Crippen MR) is 136 cm³/mol. The minimum Gasteiger partial charge on any atom is -0.361 e. The third-order valence-electron chi connectivity index (χ3n) is 8.00. The van der Waals surface area contributed by atoms with Gasteiger partial charge in [0.1, 0.15) is 5.54 Å². The van der Waals surface area contributed by atoms with Crippen molar-refractivity contribution in [1.82, 2.24) is 10.3 Å². The van der Waals surface area contributed by atoms with Gasteiger partial charge in [0.25, 0.3) is 0 Å². The Labute approximate surface area is 207 Å². The van der Waals surface area contributed by atoms with E-state index in [-0.39, 0.29) is 17.7 Å². The Morgan fingerprint density at radius 2 is 1.69 bits per heavy atom. The number of rotatable bonds is 3. The second-order valence-corrected chi connectivity index (χ2v) is 9.98. The molecule has 7 rings (SSSR count). The summed E-state index contributed by atoms with van der Waals surface area (Å²) in [7, 11) is 0. The SMILES string of the molecule is Cc1ccc2c(c1)[C@@]1(N[C@@H](Cc3c[nH]c4ccccc34)[C@H]3C(=O)N(c4ccccc4)C(=O)[C@H]31)C(=O)N2. The van der Waals surface area contributed by atoms with E-state index in [2.05, 4.69) is 15.6 Å². The van der Waals surface area contributed by atoms with Crippen molar-refractivity contribution >= 4 is 40.0 Å². The van der Waals surface area contributed by atoms with Crippen LogP contribution in [0.2, 0.25) is 0 Å². The van der Waals surface area contributed by atoms with Crippen LogP contribution in [0.3, 0.4) is 0 Å². The summed E-state index contributed by atoms with van der Waals surface area (Å²) in [6, 6.07) is 22.4. The van der Waals surface area contributed by atoms with Gasteiger partial charge in [0, 0.05) is 34.4 Å². The molecule has 3 aromatic carbocycles. The lowest BCUT2D eigenvalue weighted by atomic mass is 9.76. The number of benzene rings is 3. The standard InChI is InChI=1S/C29H24N4O3/c1-16-11-12-22-20(13-16)29(28(36)31-22)25-24(26(34)33(27(25)35)18-7-3-2-4-8-18)23(32-29)14-17-15-30-21-10-6-5-9-19(17)21/h2-13,15,23-25,30,32H,14H2,1H3,(H,31,36)/t23-,24+,25-,29-/m0/s1. The summed E-state index contributed by atoms with van der Waals surface area (Å²) >= 11 is 0. The molecule has 3 aliphatic heterocycles. The summed E-state index contributed by atoms with van der Waals surface area (Å²) in [6.45, 7) is 1.96. The smallest absolute Gasteiger partial charge is 0.250 e. The van der Waals surface area contributed by atoms with Gasteiger partial charge in [0.2, 0.25) is 17.7 Å². The molecule has 3 N–H and O–H groups in total. The Morgan fingerprint density at radius 1 is 0.917 bits per heavy atom. The fourth-order valence-electron chi connectivity index (χ4n) is 6.46. The van der Waals surface area contributed by atoms with E-state index in [0.29, 0.717) is 17.8 Å². The van der Waals surface area contributed by atoms with E-state index in [1.807, 2.05) is 73.8 Å². The van der Waals surface area contributed by atoms with Gasteiger partial charge in [-0.05, 0) is 43.2 Å². The molecule has 4 heterocycles. The zero-order chi connectivity index (χ0) is 24.6. The Morgan fingerprint density at radius 3 is 2.53 bits per heavy atom. The first-order chi connectivity index (χ1) is 17.5. The number of anilines is 2. The lowest BCUT2D eigenvalue weighted by Gasteiger charge is -2.29. The van der Waals surface area contributed by atoms with Gasteiger partial charge < -0.3 is 10.3 Å². The van der Waals surface area contributed by atoms with Gasteiger partial charge in [-0.3, -0.25) is 19.7 Å². The highest BCUT2D eigenvalue weighted by atomic mass is 16.2. The van der Waals surface area contributed by atoms with Crippen molar-refractivity contribution in [2.24, 2.45) is 11.8 Å². The number of carbonyl (C=O) groups is 3. The zero-order valence-electron chi connectivity index (χ0n) is 19.6. The Bertz CT molecular complexity index is 1580. The fourth-order valence-corrected chi connectivity index (χ4v) is 6.46. The molecule has 0 saturated carbocycles. The van der Waals surface area contributed by atoms with Crippen molar-refractivity contribution in [2.75, 3.05) is 10.2 Å². The normalized spacial score (nSPS) is 26.6. The van der Waals surface area contributed by atoms with Crippen LogP contribution in [0, 0.1) is 18.8 Å². The van der Waals surface area contributed by atoms with Gasteiger partial charge in [0.15, 0.2) is 0 Å². The van der Waals surface area contributed by atoms with E-state index >= 15 is 0 Å². The number of hydrogen-bond acceptors (Lipinski definition) is 4. The molecular weight excluding hydrogens is 452 g/mol. The molecule has 7 nitrogen and oxygen atoms in total. The molecule has 0 aliphatic carbocycles. The first-order valence-electron chi connectivity index (χ1n) is 12.2. The molecular formula is C29H24N4O3. The van der Waals surface area contributed by atoms with E-state index in [0.717, 1.165) is 27.6 Å². The van der Waals surface area contributed by atoms with Crippen LogP contribution >= 0.6 is 0 Å². The monoisotopic (exact) mass is 476 g/mol. The minimum atomic E-state index is -1.31. The lowest BCUT2D eigenvalue weighted by Crippen LogP contribution is -2.53. The molecule has 7 heteroatoms. The maximum Gasteiger partial charge on any atom is 0.250 e. The van der Waals surface area contributed by atoms with Gasteiger partial charge in [-0.15, -0.1) is 0 Å². The summed E-state index contributed by atoms with van der Waals surface area (Å²) in [6.07, 6.45) is 2.46. The molecule has 36 heavy (non-hydrogen) atoms. The molecule has 2 fully saturated rings.